The van der Waals surface area contributed by atoms with E-state index >= 15 is 0 Å². The van der Waals surface area contributed by atoms with E-state index in [1.54, 1.807) is 0 Å². The average Bonchev–Trinajstić information content (AvgIpc) is 2.61. The van der Waals surface area contributed by atoms with Gasteiger partial charge in [0.15, 0.2) is 0 Å². The van der Waals surface area contributed by atoms with Crippen LogP contribution in [0.4, 0.5) is 0 Å². The summed E-state index contributed by atoms with van der Waals surface area (Å²) in [5, 5.41) is 0. The summed E-state index contributed by atoms with van der Waals surface area (Å²) in [4.78, 5) is 0. The Morgan fingerprint density at radius 2 is 1.08 bits per heavy atom. The van der Waals surface area contributed by atoms with E-state index in [0.717, 1.165) is 0 Å². The molecule has 0 spiro atoms. The number of fused-ring (bicyclic) bond motifs is 2. The molecule has 0 unspecified atom stereocenters. The van der Waals surface area contributed by atoms with Crippen molar-refractivity contribution in [3.63, 3.8) is 0 Å². The zero-order valence-electron chi connectivity index (χ0n) is 9.39. The molecular weight excluding hydrogens is 160 g/mol. The van der Waals surface area contributed by atoms with Crippen LogP contribution in [-0.4, -0.2) is 11.2 Å². The van der Waals surface area contributed by atoms with Gasteiger partial charge in [0.2, 0.25) is 0 Å². The predicted molar refractivity (Wildman–Crippen MR) is 54.7 cm³/mol. The van der Waals surface area contributed by atoms with Gasteiger partial charge in [-0.15, -0.1) is 0 Å². The smallest absolute Gasteiger partial charge is 0.0715 e. The molecule has 0 saturated carbocycles. The lowest BCUT2D eigenvalue weighted by Crippen LogP contribution is -2.33. The fourth-order valence-corrected chi connectivity index (χ4v) is 3.10. The minimum atomic E-state index is 0.254. The van der Waals surface area contributed by atoms with Gasteiger partial charge in [0, 0.05) is 0 Å². The van der Waals surface area contributed by atoms with Crippen LogP contribution in [0.3, 0.4) is 0 Å². The molecule has 0 aromatic rings. The topological polar surface area (TPSA) is 9.23 Å². The van der Waals surface area contributed by atoms with E-state index < -0.39 is 0 Å². The van der Waals surface area contributed by atoms with E-state index in [4.69, 9.17) is 4.74 Å². The first-order chi connectivity index (χ1) is 6.01. The monoisotopic (exact) mass is 182 g/mol. The van der Waals surface area contributed by atoms with Gasteiger partial charge in [-0.2, -0.15) is 0 Å². The number of hydrogen-bond acceptors (Lipinski definition) is 1. The summed E-state index contributed by atoms with van der Waals surface area (Å²) in [6.07, 6.45) is 5.18. The Morgan fingerprint density at radius 3 is 1.23 bits per heavy atom. The molecule has 0 amide bonds. The van der Waals surface area contributed by atoms with E-state index in [1.807, 2.05) is 0 Å². The van der Waals surface area contributed by atoms with E-state index in [9.17, 15) is 0 Å². The fourth-order valence-electron chi connectivity index (χ4n) is 3.10. The van der Waals surface area contributed by atoms with Gasteiger partial charge in [-0.3, -0.25) is 0 Å². The van der Waals surface area contributed by atoms with Crippen LogP contribution in [-0.2, 0) is 4.74 Å². The minimum Gasteiger partial charge on any atom is -0.368 e. The van der Waals surface area contributed by atoms with Gasteiger partial charge >= 0.3 is 0 Å². The van der Waals surface area contributed by atoms with Crippen molar-refractivity contribution in [2.45, 2.75) is 64.6 Å². The van der Waals surface area contributed by atoms with Crippen molar-refractivity contribution in [2.75, 3.05) is 0 Å². The summed E-state index contributed by atoms with van der Waals surface area (Å²) in [5.41, 5.74) is 0.508. The molecule has 0 aromatic carbocycles. The van der Waals surface area contributed by atoms with Gasteiger partial charge in [-0.1, -0.05) is 27.7 Å². The molecule has 2 aliphatic heterocycles. The quantitative estimate of drug-likeness (QED) is 0.636. The van der Waals surface area contributed by atoms with Crippen LogP contribution >= 0.6 is 0 Å². The first-order valence-corrected chi connectivity index (χ1v) is 5.71. The summed E-state index contributed by atoms with van der Waals surface area (Å²) in [5.74, 6) is 1.38. The van der Waals surface area contributed by atoms with Crippen molar-refractivity contribution in [1.82, 2.24) is 0 Å². The van der Waals surface area contributed by atoms with Gasteiger partial charge in [0.25, 0.3) is 0 Å². The van der Waals surface area contributed by atoms with Gasteiger partial charge in [-0.05, 0) is 37.5 Å². The van der Waals surface area contributed by atoms with E-state index in [-0.39, 0.29) is 11.2 Å². The van der Waals surface area contributed by atoms with Crippen molar-refractivity contribution in [3.8, 4) is 0 Å². The van der Waals surface area contributed by atoms with Crippen LogP contribution < -0.4 is 0 Å². The van der Waals surface area contributed by atoms with Crippen molar-refractivity contribution in [3.05, 3.63) is 0 Å². The highest BCUT2D eigenvalue weighted by molar-refractivity contribution is 5.07. The molecule has 0 aliphatic carbocycles. The molecule has 2 bridgehead atoms. The maximum Gasteiger partial charge on any atom is 0.0715 e. The number of hydrogen-bond donors (Lipinski definition) is 0. The zero-order chi connectivity index (χ0) is 9.69. The highest BCUT2D eigenvalue weighted by atomic mass is 16.5. The Balaban J connectivity index is 2.19. The molecule has 2 heterocycles. The highest BCUT2D eigenvalue weighted by Gasteiger charge is 2.57. The molecule has 0 radical (unpaired) electrons. The Labute approximate surface area is 81.9 Å². The normalized spacial score (nSPS) is 43.8. The maximum absolute atomic E-state index is 6.37. The lowest BCUT2D eigenvalue weighted by Gasteiger charge is -2.30. The summed E-state index contributed by atoms with van der Waals surface area (Å²) < 4.78 is 6.37. The number of ether oxygens (including phenoxy) is 1. The van der Waals surface area contributed by atoms with Crippen LogP contribution in [0, 0.1) is 11.8 Å². The maximum atomic E-state index is 6.37. The van der Waals surface area contributed by atoms with Gasteiger partial charge in [0.05, 0.1) is 11.2 Å². The molecule has 0 N–H and O–H groups in total. The second-order valence-electron chi connectivity index (χ2n) is 5.54. The van der Waals surface area contributed by atoms with Gasteiger partial charge < -0.3 is 4.74 Å². The first kappa shape index (κ1) is 9.51. The van der Waals surface area contributed by atoms with Crippen LogP contribution in [0.1, 0.15) is 53.4 Å². The molecule has 1 heteroatoms. The molecule has 0 aromatic heterocycles. The summed E-state index contributed by atoms with van der Waals surface area (Å²) in [7, 11) is 0. The summed E-state index contributed by atoms with van der Waals surface area (Å²) >= 11 is 0. The van der Waals surface area contributed by atoms with Gasteiger partial charge in [0.1, 0.15) is 0 Å². The van der Waals surface area contributed by atoms with Crippen molar-refractivity contribution >= 4 is 0 Å². The van der Waals surface area contributed by atoms with Crippen LogP contribution in [0.5, 0.6) is 0 Å². The molecule has 2 aliphatic rings. The lowest BCUT2D eigenvalue weighted by molar-refractivity contribution is -0.0917. The van der Waals surface area contributed by atoms with Crippen LogP contribution in [0.15, 0.2) is 0 Å². The predicted octanol–water partition coefficient (Wildman–Crippen LogP) is 3.38. The fraction of sp³-hybridized carbons (Fsp3) is 1.00. The molecule has 76 valence electrons. The lowest BCUT2D eigenvalue weighted by atomic mass is 9.73. The second kappa shape index (κ2) is 2.73. The van der Waals surface area contributed by atoms with Crippen LogP contribution in [0.25, 0.3) is 0 Å². The van der Waals surface area contributed by atoms with Crippen molar-refractivity contribution in [2.24, 2.45) is 11.8 Å². The SMILES string of the molecule is CC(C)C12CCC(C(C)C)(CC1)O2. The van der Waals surface area contributed by atoms with Crippen LogP contribution in [0.2, 0.25) is 0 Å². The standard InChI is InChI=1S/C12H22O/c1-9(2)11-5-7-12(13-11,8-6-11)10(3)4/h9-10H,5-8H2,1-4H3. The van der Waals surface area contributed by atoms with E-state index in [1.165, 1.54) is 25.7 Å². The number of rotatable bonds is 2. The highest BCUT2D eigenvalue weighted by Crippen LogP contribution is 2.56. The largest absolute Gasteiger partial charge is 0.368 e. The Bertz CT molecular complexity index is 175. The molecule has 0 atom stereocenters. The Morgan fingerprint density at radius 1 is 0.769 bits per heavy atom. The van der Waals surface area contributed by atoms with Gasteiger partial charge in [-0.25, -0.2) is 0 Å². The Hall–Kier alpha value is -0.0400. The third-order valence-corrected chi connectivity index (χ3v) is 4.45. The summed E-state index contributed by atoms with van der Waals surface area (Å²) in [6.45, 7) is 9.23. The third kappa shape index (κ3) is 1.16. The third-order valence-electron chi connectivity index (χ3n) is 4.45. The average molecular weight is 182 g/mol. The zero-order valence-corrected chi connectivity index (χ0v) is 9.39. The van der Waals surface area contributed by atoms with Crippen molar-refractivity contribution < 1.29 is 4.74 Å². The molecule has 13 heavy (non-hydrogen) atoms. The van der Waals surface area contributed by atoms with E-state index in [2.05, 4.69) is 27.7 Å². The summed E-state index contributed by atoms with van der Waals surface area (Å²) in [6, 6.07) is 0. The van der Waals surface area contributed by atoms with Crippen molar-refractivity contribution in [1.29, 1.82) is 0 Å². The molecule has 2 fully saturated rings. The minimum absolute atomic E-state index is 0.254. The Kier molecular flexibility index (Phi) is 1.99. The van der Waals surface area contributed by atoms with E-state index in [0.29, 0.717) is 11.8 Å². The molecule has 2 saturated heterocycles. The molecule has 2 rings (SSSR count). The second-order valence-corrected chi connectivity index (χ2v) is 5.54. The molecular formula is C12H22O. The molecule has 1 nitrogen and oxygen atoms in total. The first-order valence-electron chi connectivity index (χ1n) is 5.71.